The molecule has 1 atom stereocenters. The van der Waals surface area contributed by atoms with Gasteiger partial charge in [-0.25, -0.2) is 0 Å². The second kappa shape index (κ2) is 5.98. The maximum Gasteiger partial charge on any atom is 0.0689 e. The third-order valence-electron chi connectivity index (χ3n) is 3.69. The highest BCUT2D eigenvalue weighted by molar-refractivity contribution is 7.10. The van der Waals surface area contributed by atoms with Gasteiger partial charge in [0.15, 0.2) is 0 Å². The zero-order valence-corrected chi connectivity index (χ0v) is 14.1. The number of halogens is 2. The van der Waals surface area contributed by atoms with Crippen LogP contribution in [0.2, 0.25) is 10.0 Å². The normalized spacial score (nSPS) is 12.8. The van der Waals surface area contributed by atoms with E-state index >= 15 is 0 Å². The van der Waals surface area contributed by atoms with E-state index in [1.165, 1.54) is 5.56 Å². The van der Waals surface area contributed by atoms with Gasteiger partial charge in [0.1, 0.15) is 0 Å². The minimum absolute atomic E-state index is 0.0679. The Morgan fingerprint density at radius 1 is 1.05 bits per heavy atom. The number of hydrogen-bond donors (Lipinski definition) is 1. The van der Waals surface area contributed by atoms with E-state index in [2.05, 4.69) is 28.9 Å². The molecule has 1 N–H and O–H groups in total. The Labute approximate surface area is 138 Å². The fraction of sp³-hybridized carbons (Fsp3) is 0.176. The molecule has 3 aromatic rings. The molecule has 1 heterocycles. The first-order valence-corrected chi connectivity index (χ1v) is 8.35. The van der Waals surface area contributed by atoms with Crippen molar-refractivity contribution in [1.29, 1.82) is 0 Å². The predicted octanol–water partition coefficient (Wildman–Crippen LogP) is 5.83. The molecule has 1 nitrogen and oxygen atoms in total. The molecule has 21 heavy (non-hydrogen) atoms. The van der Waals surface area contributed by atoms with Crippen LogP contribution in [0.25, 0.3) is 10.8 Å². The minimum atomic E-state index is 0.0679. The van der Waals surface area contributed by atoms with E-state index in [0.717, 1.165) is 31.3 Å². The number of thiophene rings is 1. The van der Waals surface area contributed by atoms with Crippen LogP contribution in [0.5, 0.6) is 0 Å². The number of hydrogen-bond acceptors (Lipinski definition) is 2. The van der Waals surface area contributed by atoms with Gasteiger partial charge < -0.3 is 5.32 Å². The average Bonchev–Trinajstić information content (AvgIpc) is 2.83. The van der Waals surface area contributed by atoms with Crippen molar-refractivity contribution in [3.05, 3.63) is 67.8 Å². The van der Waals surface area contributed by atoms with E-state index in [0.29, 0.717) is 0 Å². The monoisotopic (exact) mass is 335 g/mol. The van der Waals surface area contributed by atoms with Crippen LogP contribution in [0.3, 0.4) is 0 Å². The van der Waals surface area contributed by atoms with E-state index in [1.807, 2.05) is 32.2 Å². The highest BCUT2D eigenvalue weighted by Gasteiger charge is 2.20. The average molecular weight is 336 g/mol. The summed E-state index contributed by atoms with van der Waals surface area (Å²) < 4.78 is 0. The first-order valence-electron chi connectivity index (χ1n) is 6.71. The molecular formula is C17H15Cl2NS. The van der Waals surface area contributed by atoms with Gasteiger partial charge in [-0.3, -0.25) is 0 Å². The molecule has 1 aromatic heterocycles. The van der Waals surface area contributed by atoms with Crippen molar-refractivity contribution in [2.45, 2.75) is 13.0 Å². The van der Waals surface area contributed by atoms with Crippen LogP contribution in [0.1, 0.15) is 22.0 Å². The highest BCUT2D eigenvalue weighted by atomic mass is 35.5. The molecule has 0 saturated carbocycles. The topological polar surface area (TPSA) is 12.0 Å². The first kappa shape index (κ1) is 14.9. The number of rotatable bonds is 3. The minimum Gasteiger partial charge on any atom is -0.309 e. The molecule has 0 fully saturated rings. The van der Waals surface area contributed by atoms with Crippen LogP contribution in [0.15, 0.2) is 41.8 Å². The van der Waals surface area contributed by atoms with Crippen molar-refractivity contribution >= 4 is 45.3 Å². The zero-order chi connectivity index (χ0) is 15.0. The molecule has 0 bridgehead atoms. The number of fused-ring (bicyclic) bond motifs is 1. The lowest BCUT2D eigenvalue weighted by atomic mass is 9.97. The molecule has 0 saturated heterocycles. The Hall–Kier alpha value is -1.06. The molecule has 1 unspecified atom stereocenters. The molecule has 108 valence electrons. The van der Waals surface area contributed by atoms with Crippen LogP contribution in [-0.4, -0.2) is 7.05 Å². The molecule has 0 spiro atoms. The summed E-state index contributed by atoms with van der Waals surface area (Å²) in [6, 6.07) is 12.3. The summed E-state index contributed by atoms with van der Waals surface area (Å²) >= 11 is 14.5. The van der Waals surface area contributed by atoms with Crippen LogP contribution in [0.4, 0.5) is 0 Å². The molecular weight excluding hydrogens is 321 g/mol. The van der Waals surface area contributed by atoms with Crippen molar-refractivity contribution in [3.8, 4) is 0 Å². The van der Waals surface area contributed by atoms with E-state index < -0.39 is 0 Å². The number of benzene rings is 2. The number of aryl methyl sites for hydroxylation is 1. The molecule has 0 amide bonds. The van der Waals surface area contributed by atoms with Crippen LogP contribution in [0, 0.1) is 6.92 Å². The largest absolute Gasteiger partial charge is 0.309 e. The van der Waals surface area contributed by atoms with E-state index in [4.69, 9.17) is 23.2 Å². The molecule has 4 heteroatoms. The fourth-order valence-electron chi connectivity index (χ4n) is 2.61. The van der Waals surface area contributed by atoms with Crippen molar-refractivity contribution in [1.82, 2.24) is 5.32 Å². The Kier molecular flexibility index (Phi) is 4.23. The summed E-state index contributed by atoms with van der Waals surface area (Å²) in [4.78, 5) is 1.14. The van der Waals surface area contributed by atoms with Crippen molar-refractivity contribution in [2.75, 3.05) is 7.05 Å². The molecule has 3 rings (SSSR count). The van der Waals surface area contributed by atoms with Crippen LogP contribution >= 0.6 is 34.5 Å². The van der Waals surface area contributed by atoms with Gasteiger partial charge in [0.25, 0.3) is 0 Å². The number of nitrogens with one attached hydrogen (secondary N) is 1. The molecule has 2 aromatic carbocycles. The Morgan fingerprint density at radius 2 is 1.76 bits per heavy atom. The van der Waals surface area contributed by atoms with Gasteiger partial charge in [0.05, 0.1) is 11.1 Å². The summed E-state index contributed by atoms with van der Waals surface area (Å²) in [6.07, 6.45) is 0. The quantitative estimate of drug-likeness (QED) is 0.635. The van der Waals surface area contributed by atoms with Gasteiger partial charge in [0, 0.05) is 15.3 Å². The van der Waals surface area contributed by atoms with Gasteiger partial charge in [-0.05, 0) is 41.9 Å². The van der Waals surface area contributed by atoms with Gasteiger partial charge in [0.2, 0.25) is 0 Å². The molecule has 0 aliphatic heterocycles. The van der Waals surface area contributed by atoms with E-state index in [-0.39, 0.29) is 6.04 Å². The molecule has 0 aliphatic carbocycles. The second-order valence-corrected chi connectivity index (χ2v) is 6.70. The summed E-state index contributed by atoms with van der Waals surface area (Å²) in [5.74, 6) is 0. The van der Waals surface area contributed by atoms with Gasteiger partial charge in [-0.1, -0.05) is 53.5 Å². The summed E-state index contributed by atoms with van der Waals surface area (Å²) in [5, 5.41) is 9.33. The summed E-state index contributed by atoms with van der Waals surface area (Å²) in [5.41, 5.74) is 2.32. The third-order valence-corrected chi connectivity index (χ3v) is 5.80. The SMILES string of the molecule is CNC(c1scc(C)c1Cl)c1ccc(Cl)c2ccccc12. The van der Waals surface area contributed by atoms with Gasteiger partial charge >= 0.3 is 0 Å². The Bertz CT molecular complexity index is 795. The maximum absolute atomic E-state index is 6.46. The van der Waals surface area contributed by atoms with Crippen LogP contribution in [-0.2, 0) is 0 Å². The second-order valence-electron chi connectivity index (χ2n) is 5.00. The van der Waals surface area contributed by atoms with Crippen molar-refractivity contribution in [2.24, 2.45) is 0 Å². The smallest absolute Gasteiger partial charge is 0.0689 e. The lowest BCUT2D eigenvalue weighted by molar-refractivity contribution is 0.709. The molecule has 0 aliphatic rings. The lowest BCUT2D eigenvalue weighted by Gasteiger charge is -2.19. The van der Waals surface area contributed by atoms with Crippen molar-refractivity contribution in [3.63, 3.8) is 0 Å². The van der Waals surface area contributed by atoms with Gasteiger partial charge in [-0.15, -0.1) is 11.3 Å². The Morgan fingerprint density at radius 3 is 2.38 bits per heavy atom. The predicted molar refractivity (Wildman–Crippen MR) is 93.9 cm³/mol. The van der Waals surface area contributed by atoms with Crippen LogP contribution < -0.4 is 5.32 Å². The standard InChI is InChI=1S/C17H15Cl2NS/c1-10-9-21-17(15(10)19)16(20-2)13-7-8-14(18)12-6-4-3-5-11(12)13/h3-9,16,20H,1-2H3. The van der Waals surface area contributed by atoms with E-state index in [9.17, 15) is 0 Å². The summed E-state index contributed by atoms with van der Waals surface area (Å²) in [6.45, 7) is 2.04. The lowest BCUT2D eigenvalue weighted by Crippen LogP contribution is -2.17. The van der Waals surface area contributed by atoms with E-state index in [1.54, 1.807) is 11.3 Å². The zero-order valence-electron chi connectivity index (χ0n) is 11.8. The van der Waals surface area contributed by atoms with Gasteiger partial charge in [-0.2, -0.15) is 0 Å². The fourth-order valence-corrected chi connectivity index (χ4v) is 4.27. The Balaban J connectivity index is 2.23. The first-order chi connectivity index (χ1) is 10.1. The molecule has 0 radical (unpaired) electrons. The summed E-state index contributed by atoms with van der Waals surface area (Å²) in [7, 11) is 1.96. The third kappa shape index (κ3) is 2.58. The van der Waals surface area contributed by atoms with Crippen molar-refractivity contribution < 1.29 is 0 Å². The highest BCUT2D eigenvalue weighted by Crippen LogP contribution is 2.39. The maximum atomic E-state index is 6.46.